The molecule has 0 spiro atoms. The molecule has 1 aliphatic heterocycles. The van der Waals surface area contributed by atoms with Crippen LogP contribution in [0, 0.1) is 0 Å². The van der Waals surface area contributed by atoms with E-state index in [1.807, 2.05) is 12.1 Å². The van der Waals surface area contributed by atoms with Crippen LogP contribution in [0.15, 0.2) is 45.6 Å². The van der Waals surface area contributed by atoms with E-state index in [1.54, 1.807) is 43.4 Å². The van der Waals surface area contributed by atoms with Gasteiger partial charge in [-0.25, -0.2) is 4.79 Å². The van der Waals surface area contributed by atoms with Crippen LogP contribution in [0.4, 0.5) is 0 Å². The second-order valence-electron chi connectivity index (χ2n) is 6.58. The first-order valence-electron chi connectivity index (χ1n) is 8.76. The van der Waals surface area contributed by atoms with Crippen LogP contribution in [0.3, 0.4) is 0 Å². The fourth-order valence-electron chi connectivity index (χ4n) is 3.47. The van der Waals surface area contributed by atoms with E-state index in [4.69, 9.17) is 25.5 Å². The number of benzene rings is 2. The largest absolute Gasteiger partial charge is 0.493 e. The van der Waals surface area contributed by atoms with Gasteiger partial charge in [-0.05, 0) is 53.9 Å². The molecule has 6 nitrogen and oxygen atoms in total. The Morgan fingerprint density at radius 3 is 2.50 bits per heavy atom. The summed E-state index contributed by atoms with van der Waals surface area (Å²) < 4.78 is 16.0. The average Bonchev–Trinajstić information content (AvgIpc) is 2.71. The Balaban J connectivity index is 1.67. The maximum absolute atomic E-state index is 13.0. The number of ether oxygens (including phenoxy) is 2. The van der Waals surface area contributed by atoms with E-state index in [1.165, 1.54) is 0 Å². The van der Waals surface area contributed by atoms with Crippen molar-refractivity contribution in [2.24, 2.45) is 0 Å². The molecule has 0 radical (unpaired) electrons. The molecule has 4 rings (SSSR count). The molecule has 28 heavy (non-hydrogen) atoms. The Morgan fingerprint density at radius 2 is 1.79 bits per heavy atom. The van der Waals surface area contributed by atoms with Crippen molar-refractivity contribution in [2.75, 3.05) is 20.8 Å². The van der Waals surface area contributed by atoms with E-state index >= 15 is 0 Å². The average molecular weight is 400 g/mol. The molecule has 7 heteroatoms. The maximum Gasteiger partial charge on any atom is 0.349 e. The van der Waals surface area contributed by atoms with E-state index in [2.05, 4.69) is 0 Å². The fraction of sp³-hybridized carbons (Fsp3) is 0.238. The number of hydrogen-bond donors (Lipinski definition) is 0. The lowest BCUT2D eigenvalue weighted by Gasteiger charge is -2.29. The molecule has 1 aliphatic rings. The van der Waals surface area contributed by atoms with Crippen LogP contribution in [0.2, 0.25) is 5.02 Å². The van der Waals surface area contributed by atoms with Gasteiger partial charge in [-0.2, -0.15) is 0 Å². The van der Waals surface area contributed by atoms with Gasteiger partial charge in [-0.15, -0.1) is 0 Å². The number of carbonyl (C=O) groups excluding carboxylic acids is 1. The highest BCUT2D eigenvalue weighted by Crippen LogP contribution is 2.33. The van der Waals surface area contributed by atoms with Crippen molar-refractivity contribution in [3.63, 3.8) is 0 Å². The number of nitrogens with zero attached hydrogens (tertiary/aromatic N) is 1. The van der Waals surface area contributed by atoms with Gasteiger partial charge in [0.25, 0.3) is 5.91 Å². The van der Waals surface area contributed by atoms with Crippen LogP contribution < -0.4 is 15.1 Å². The van der Waals surface area contributed by atoms with Gasteiger partial charge in [-0.3, -0.25) is 4.79 Å². The molecule has 3 aromatic rings. The molecule has 0 aliphatic carbocycles. The predicted molar refractivity (Wildman–Crippen MR) is 105 cm³/mol. The number of hydrogen-bond acceptors (Lipinski definition) is 5. The minimum atomic E-state index is -0.655. The lowest BCUT2D eigenvalue weighted by atomic mass is 9.98. The summed E-state index contributed by atoms with van der Waals surface area (Å²) in [7, 11) is 3.16. The highest BCUT2D eigenvalue weighted by molar-refractivity contribution is 6.31. The Morgan fingerprint density at radius 1 is 1.07 bits per heavy atom. The second kappa shape index (κ2) is 7.20. The van der Waals surface area contributed by atoms with E-state index in [9.17, 15) is 9.59 Å². The van der Waals surface area contributed by atoms with Crippen LogP contribution in [-0.2, 0) is 13.0 Å². The van der Waals surface area contributed by atoms with Gasteiger partial charge in [0.15, 0.2) is 11.5 Å². The van der Waals surface area contributed by atoms with Crippen molar-refractivity contribution in [3.8, 4) is 11.5 Å². The first-order chi connectivity index (χ1) is 13.5. The molecule has 144 valence electrons. The van der Waals surface area contributed by atoms with Crippen molar-refractivity contribution in [1.29, 1.82) is 0 Å². The second-order valence-corrected chi connectivity index (χ2v) is 7.02. The molecule has 0 bridgehead atoms. The highest BCUT2D eigenvalue weighted by atomic mass is 35.5. The summed E-state index contributed by atoms with van der Waals surface area (Å²) in [4.78, 5) is 27.0. The number of rotatable bonds is 3. The monoisotopic (exact) mass is 399 g/mol. The number of carbonyl (C=O) groups is 1. The first-order valence-corrected chi connectivity index (χ1v) is 9.14. The maximum atomic E-state index is 13.0. The van der Waals surface area contributed by atoms with Crippen molar-refractivity contribution < 1.29 is 18.7 Å². The number of halogens is 1. The van der Waals surface area contributed by atoms with Crippen LogP contribution in [-0.4, -0.2) is 31.6 Å². The molecule has 0 atom stereocenters. The molecule has 0 fully saturated rings. The Kier molecular flexibility index (Phi) is 4.73. The SMILES string of the molecule is COc1cc2c(cc1OC)CN(C(=O)c1cc3cc(Cl)ccc3oc1=O)CC2. The van der Waals surface area contributed by atoms with Crippen LogP contribution >= 0.6 is 11.6 Å². The van der Waals surface area contributed by atoms with Crippen molar-refractivity contribution in [3.05, 3.63) is 68.5 Å². The molecule has 0 unspecified atom stereocenters. The smallest absolute Gasteiger partial charge is 0.349 e. The van der Waals surface area contributed by atoms with Gasteiger partial charge < -0.3 is 18.8 Å². The molecule has 0 N–H and O–H groups in total. The molecule has 2 aromatic carbocycles. The zero-order valence-corrected chi connectivity index (χ0v) is 16.2. The quantitative estimate of drug-likeness (QED) is 0.628. The minimum Gasteiger partial charge on any atom is -0.493 e. The fourth-order valence-corrected chi connectivity index (χ4v) is 3.65. The van der Waals surface area contributed by atoms with E-state index in [0.717, 1.165) is 11.1 Å². The van der Waals surface area contributed by atoms with Gasteiger partial charge in [0.05, 0.1) is 14.2 Å². The third-order valence-electron chi connectivity index (χ3n) is 4.93. The minimum absolute atomic E-state index is 0.00121. The van der Waals surface area contributed by atoms with Crippen LogP contribution in [0.1, 0.15) is 21.5 Å². The van der Waals surface area contributed by atoms with E-state index in [-0.39, 0.29) is 11.5 Å². The number of fused-ring (bicyclic) bond motifs is 2. The van der Waals surface area contributed by atoms with Gasteiger partial charge in [0, 0.05) is 23.5 Å². The lowest BCUT2D eigenvalue weighted by molar-refractivity contribution is 0.0730. The molecule has 0 saturated heterocycles. The standard InChI is InChI=1S/C21H18ClNO5/c1-26-18-9-12-5-6-23(11-14(12)10-19(18)27-2)20(24)16-8-13-7-15(22)3-4-17(13)28-21(16)25/h3-4,7-10H,5-6,11H2,1-2H3. The highest BCUT2D eigenvalue weighted by Gasteiger charge is 2.26. The Labute approximate surface area is 166 Å². The van der Waals surface area contributed by atoms with Gasteiger partial charge in [-0.1, -0.05) is 11.6 Å². The number of methoxy groups -OCH3 is 2. The summed E-state index contributed by atoms with van der Waals surface area (Å²) in [5, 5.41) is 1.12. The van der Waals surface area contributed by atoms with Crippen LogP contribution in [0.25, 0.3) is 11.0 Å². The third-order valence-corrected chi connectivity index (χ3v) is 5.17. The topological polar surface area (TPSA) is 69.0 Å². The molecule has 1 aromatic heterocycles. The summed E-state index contributed by atoms with van der Waals surface area (Å²) in [6.45, 7) is 0.871. The molecule has 2 heterocycles. The Hall–Kier alpha value is -2.99. The van der Waals surface area contributed by atoms with Crippen molar-refractivity contribution in [1.82, 2.24) is 4.90 Å². The zero-order valence-electron chi connectivity index (χ0n) is 15.5. The summed E-state index contributed by atoms with van der Waals surface area (Å²) >= 11 is 6.01. The van der Waals surface area contributed by atoms with Gasteiger partial charge in [0.2, 0.25) is 0 Å². The molecular weight excluding hydrogens is 382 g/mol. The summed E-state index contributed by atoms with van der Waals surface area (Å²) in [5.74, 6) is 0.902. The third kappa shape index (κ3) is 3.20. The first kappa shape index (κ1) is 18.4. The van der Waals surface area contributed by atoms with Gasteiger partial charge >= 0.3 is 5.63 Å². The molecule has 1 amide bonds. The summed E-state index contributed by atoms with van der Waals surface area (Å²) in [5.41, 5.74) is 1.80. The van der Waals surface area contributed by atoms with Crippen LogP contribution in [0.5, 0.6) is 11.5 Å². The van der Waals surface area contributed by atoms with E-state index < -0.39 is 5.63 Å². The number of amides is 1. The predicted octanol–water partition coefficient (Wildman–Crippen LogP) is 3.66. The zero-order chi connectivity index (χ0) is 19.8. The Bertz CT molecular complexity index is 1140. The van der Waals surface area contributed by atoms with Crippen molar-refractivity contribution >= 4 is 28.5 Å². The molecule has 0 saturated carbocycles. The summed E-state index contributed by atoms with van der Waals surface area (Å²) in [6.07, 6.45) is 0.659. The normalized spacial score (nSPS) is 13.3. The molecular formula is C21H18ClNO5. The summed E-state index contributed by atoms with van der Waals surface area (Å²) in [6, 6.07) is 10.3. The lowest BCUT2D eigenvalue weighted by Crippen LogP contribution is -2.38. The van der Waals surface area contributed by atoms with E-state index in [0.29, 0.717) is 47.0 Å². The van der Waals surface area contributed by atoms with Crippen molar-refractivity contribution in [2.45, 2.75) is 13.0 Å². The van der Waals surface area contributed by atoms with Gasteiger partial charge in [0.1, 0.15) is 11.1 Å².